The van der Waals surface area contributed by atoms with E-state index in [1.54, 1.807) is 24.5 Å². The van der Waals surface area contributed by atoms with E-state index in [0.29, 0.717) is 0 Å². The van der Waals surface area contributed by atoms with Gasteiger partial charge < -0.3 is 5.11 Å². The quantitative estimate of drug-likeness (QED) is 0.915. The van der Waals surface area contributed by atoms with E-state index in [4.69, 9.17) is 0 Å². The molecule has 0 saturated carbocycles. The molecule has 1 N–H and O–H groups in total. The Labute approximate surface area is 111 Å². The smallest absolute Gasteiger partial charge is 0.315 e. The molecule has 1 unspecified atom stereocenters. The average Bonchev–Trinajstić information content (AvgIpc) is 2.87. The number of rotatable bonds is 3. The Bertz CT molecular complexity index is 607. The number of aliphatic carboxylic acids is 1. The second kappa shape index (κ2) is 4.84. The maximum absolute atomic E-state index is 11.6. The van der Waals surface area contributed by atoms with Crippen molar-refractivity contribution in [1.29, 1.82) is 0 Å². The van der Waals surface area contributed by atoms with Crippen LogP contribution in [0, 0.1) is 0 Å². The number of carboxylic acid groups (broad SMARTS) is 1. The van der Waals surface area contributed by atoms with Gasteiger partial charge in [0, 0.05) is 12.4 Å². The van der Waals surface area contributed by atoms with Crippen molar-refractivity contribution in [3.05, 3.63) is 65.0 Å². The van der Waals surface area contributed by atoms with Crippen molar-refractivity contribution < 1.29 is 9.90 Å². The minimum absolute atomic E-state index is 0.603. The number of hydrogen-bond donors (Lipinski definition) is 1. The highest BCUT2D eigenvalue weighted by Gasteiger charge is 2.23. The lowest BCUT2D eigenvalue weighted by Gasteiger charge is -2.14. The van der Waals surface area contributed by atoms with E-state index in [1.165, 1.54) is 17.5 Å². The Morgan fingerprint density at radius 3 is 2.53 bits per heavy atom. The summed E-state index contributed by atoms with van der Waals surface area (Å²) in [6.07, 6.45) is 6.62. The fourth-order valence-corrected chi connectivity index (χ4v) is 2.80. The summed E-state index contributed by atoms with van der Waals surface area (Å²) in [5, 5.41) is 9.51. The molecule has 0 saturated heterocycles. The maximum atomic E-state index is 11.6. The summed E-state index contributed by atoms with van der Waals surface area (Å²) in [6.45, 7) is 0. The molecule has 3 rings (SSSR count). The monoisotopic (exact) mass is 253 g/mol. The van der Waals surface area contributed by atoms with E-state index in [2.05, 4.69) is 17.1 Å². The van der Waals surface area contributed by atoms with Gasteiger partial charge in [0.05, 0.1) is 0 Å². The molecule has 0 aliphatic heterocycles. The zero-order valence-electron chi connectivity index (χ0n) is 10.5. The van der Waals surface area contributed by atoms with Crippen LogP contribution in [0.4, 0.5) is 0 Å². The summed E-state index contributed by atoms with van der Waals surface area (Å²) in [4.78, 5) is 15.5. The molecule has 0 bridgehead atoms. The molecule has 1 aliphatic carbocycles. The van der Waals surface area contributed by atoms with Gasteiger partial charge in [0.1, 0.15) is 5.92 Å². The van der Waals surface area contributed by atoms with Crippen molar-refractivity contribution in [3.8, 4) is 0 Å². The Hall–Kier alpha value is -2.16. The molecule has 3 heteroatoms. The van der Waals surface area contributed by atoms with Crippen LogP contribution in [0.15, 0.2) is 42.7 Å². The Morgan fingerprint density at radius 2 is 1.79 bits per heavy atom. The van der Waals surface area contributed by atoms with Gasteiger partial charge in [0.25, 0.3) is 0 Å². The molecule has 1 atom stereocenters. The van der Waals surface area contributed by atoms with Crippen LogP contribution in [-0.2, 0) is 17.6 Å². The van der Waals surface area contributed by atoms with Gasteiger partial charge in [0.2, 0.25) is 0 Å². The highest BCUT2D eigenvalue weighted by molar-refractivity contribution is 5.80. The van der Waals surface area contributed by atoms with Gasteiger partial charge in [0.15, 0.2) is 0 Å². The summed E-state index contributed by atoms with van der Waals surface area (Å²) in [5.41, 5.74) is 4.31. The SMILES string of the molecule is O=C(O)C(c1ccncc1)c1ccc2c(c1)CCC2. The fourth-order valence-electron chi connectivity index (χ4n) is 2.80. The Morgan fingerprint density at radius 1 is 1.05 bits per heavy atom. The largest absolute Gasteiger partial charge is 0.481 e. The van der Waals surface area contributed by atoms with Crippen LogP contribution in [0.5, 0.6) is 0 Å². The van der Waals surface area contributed by atoms with E-state index in [0.717, 1.165) is 24.0 Å². The molecule has 0 radical (unpaired) electrons. The standard InChI is InChI=1S/C16H15NO2/c18-16(19)15(12-6-8-17-9-7-12)14-5-4-11-2-1-3-13(11)10-14/h4-10,15H,1-3H2,(H,18,19). The zero-order chi connectivity index (χ0) is 13.2. The molecule has 1 aromatic carbocycles. The number of pyridine rings is 1. The molecule has 96 valence electrons. The summed E-state index contributed by atoms with van der Waals surface area (Å²) >= 11 is 0. The van der Waals surface area contributed by atoms with Crippen LogP contribution in [0.2, 0.25) is 0 Å². The first-order valence-corrected chi connectivity index (χ1v) is 6.50. The van der Waals surface area contributed by atoms with Gasteiger partial charge in [-0.1, -0.05) is 18.2 Å². The van der Waals surface area contributed by atoms with Crippen LogP contribution in [-0.4, -0.2) is 16.1 Å². The number of carboxylic acids is 1. The number of hydrogen-bond acceptors (Lipinski definition) is 2. The molecule has 1 heterocycles. The minimum Gasteiger partial charge on any atom is -0.481 e. The molecule has 1 aromatic heterocycles. The predicted molar refractivity (Wildman–Crippen MR) is 72.2 cm³/mol. The van der Waals surface area contributed by atoms with E-state index >= 15 is 0 Å². The highest BCUT2D eigenvalue weighted by atomic mass is 16.4. The van der Waals surface area contributed by atoms with Gasteiger partial charge in [-0.2, -0.15) is 0 Å². The molecule has 0 fully saturated rings. The Kier molecular flexibility index (Phi) is 3.03. The summed E-state index contributed by atoms with van der Waals surface area (Å²) in [6, 6.07) is 9.62. The second-order valence-corrected chi connectivity index (χ2v) is 4.93. The van der Waals surface area contributed by atoms with Crippen molar-refractivity contribution >= 4 is 5.97 Å². The number of benzene rings is 1. The summed E-state index contributed by atoms with van der Waals surface area (Å²) < 4.78 is 0. The lowest BCUT2D eigenvalue weighted by atomic mass is 9.90. The number of nitrogens with zero attached hydrogens (tertiary/aromatic N) is 1. The van der Waals surface area contributed by atoms with Crippen molar-refractivity contribution in [1.82, 2.24) is 4.98 Å². The number of aromatic nitrogens is 1. The molecule has 2 aromatic rings. The number of carbonyl (C=O) groups is 1. The van der Waals surface area contributed by atoms with Gasteiger partial charge >= 0.3 is 5.97 Å². The van der Waals surface area contributed by atoms with E-state index < -0.39 is 11.9 Å². The van der Waals surface area contributed by atoms with Gasteiger partial charge in [-0.25, -0.2) is 0 Å². The number of fused-ring (bicyclic) bond motifs is 1. The third kappa shape index (κ3) is 2.24. The van der Waals surface area contributed by atoms with Crippen LogP contribution in [0.1, 0.15) is 34.6 Å². The third-order valence-corrected chi connectivity index (χ3v) is 3.74. The predicted octanol–water partition coefficient (Wildman–Crippen LogP) is 2.79. The van der Waals surface area contributed by atoms with Crippen molar-refractivity contribution in [2.75, 3.05) is 0 Å². The summed E-state index contributed by atoms with van der Waals surface area (Å²) in [5.74, 6) is -1.42. The van der Waals surface area contributed by atoms with E-state index in [9.17, 15) is 9.90 Å². The van der Waals surface area contributed by atoms with Crippen molar-refractivity contribution in [2.45, 2.75) is 25.2 Å². The molecule has 0 amide bonds. The first kappa shape index (κ1) is 11.9. The van der Waals surface area contributed by atoms with Crippen LogP contribution in [0.25, 0.3) is 0 Å². The molecule has 3 nitrogen and oxygen atoms in total. The van der Waals surface area contributed by atoms with Gasteiger partial charge in [-0.15, -0.1) is 0 Å². The lowest BCUT2D eigenvalue weighted by Crippen LogP contribution is -2.13. The first-order valence-electron chi connectivity index (χ1n) is 6.50. The average molecular weight is 253 g/mol. The summed E-state index contributed by atoms with van der Waals surface area (Å²) in [7, 11) is 0. The van der Waals surface area contributed by atoms with Crippen LogP contribution < -0.4 is 0 Å². The van der Waals surface area contributed by atoms with Crippen LogP contribution >= 0.6 is 0 Å². The van der Waals surface area contributed by atoms with Gasteiger partial charge in [-0.3, -0.25) is 9.78 Å². The molecule has 19 heavy (non-hydrogen) atoms. The van der Waals surface area contributed by atoms with E-state index in [1.807, 2.05) is 6.07 Å². The van der Waals surface area contributed by atoms with E-state index in [-0.39, 0.29) is 0 Å². The third-order valence-electron chi connectivity index (χ3n) is 3.74. The van der Waals surface area contributed by atoms with Crippen molar-refractivity contribution in [2.24, 2.45) is 0 Å². The normalized spacial score (nSPS) is 14.9. The second-order valence-electron chi connectivity index (χ2n) is 4.93. The molecular formula is C16H15NO2. The van der Waals surface area contributed by atoms with Gasteiger partial charge in [-0.05, 0) is 53.6 Å². The molecule has 0 spiro atoms. The number of aryl methyl sites for hydroxylation is 2. The first-order chi connectivity index (χ1) is 9.25. The maximum Gasteiger partial charge on any atom is 0.315 e. The van der Waals surface area contributed by atoms with Crippen molar-refractivity contribution in [3.63, 3.8) is 0 Å². The highest BCUT2D eigenvalue weighted by Crippen LogP contribution is 2.29. The topological polar surface area (TPSA) is 50.2 Å². The zero-order valence-corrected chi connectivity index (χ0v) is 10.5. The lowest BCUT2D eigenvalue weighted by molar-refractivity contribution is -0.137. The Balaban J connectivity index is 2.04. The van der Waals surface area contributed by atoms with Crippen LogP contribution in [0.3, 0.4) is 0 Å². The minimum atomic E-state index is -0.816. The fraction of sp³-hybridized carbons (Fsp3) is 0.250. The molecular weight excluding hydrogens is 238 g/mol. The molecule has 1 aliphatic rings.